The van der Waals surface area contributed by atoms with Crippen molar-refractivity contribution in [2.24, 2.45) is 0 Å². The average molecular weight is 316 g/mol. The van der Waals surface area contributed by atoms with Crippen molar-refractivity contribution >= 4 is 15.9 Å². The molecule has 1 aliphatic rings. The number of carbonyl (C=O) groups excluding carboxylic acids is 1. The molecule has 0 bridgehead atoms. The van der Waals surface area contributed by atoms with E-state index in [1.807, 2.05) is 0 Å². The van der Waals surface area contributed by atoms with Crippen LogP contribution in [0.2, 0.25) is 0 Å². The number of sulfonamides is 1. The SMILES string of the molecule is CN(C)C(=O)C[C@@H](O)c1cc2n(n1)CCN(S(C)(=O)=O)C2. The van der Waals surface area contributed by atoms with Gasteiger partial charge in [-0.05, 0) is 6.07 Å². The highest BCUT2D eigenvalue weighted by molar-refractivity contribution is 7.88. The van der Waals surface area contributed by atoms with Gasteiger partial charge in [0.25, 0.3) is 0 Å². The van der Waals surface area contributed by atoms with Crippen LogP contribution in [0, 0.1) is 0 Å². The summed E-state index contributed by atoms with van der Waals surface area (Å²) in [4.78, 5) is 13.0. The zero-order chi connectivity index (χ0) is 15.8. The molecule has 1 aromatic heterocycles. The van der Waals surface area contributed by atoms with Gasteiger partial charge in [0.15, 0.2) is 0 Å². The zero-order valence-electron chi connectivity index (χ0n) is 12.4. The van der Waals surface area contributed by atoms with Gasteiger partial charge < -0.3 is 10.0 Å². The molecule has 0 aromatic carbocycles. The molecule has 1 aromatic rings. The topological polar surface area (TPSA) is 95.7 Å². The molecule has 0 saturated heterocycles. The lowest BCUT2D eigenvalue weighted by Crippen LogP contribution is -2.37. The van der Waals surface area contributed by atoms with E-state index in [1.165, 1.54) is 15.5 Å². The number of nitrogens with zero attached hydrogens (tertiary/aromatic N) is 4. The average Bonchev–Trinajstić information content (AvgIpc) is 2.80. The van der Waals surface area contributed by atoms with Crippen LogP contribution in [0.3, 0.4) is 0 Å². The van der Waals surface area contributed by atoms with Gasteiger partial charge in [0.1, 0.15) is 6.10 Å². The van der Waals surface area contributed by atoms with E-state index in [4.69, 9.17) is 0 Å². The molecule has 2 heterocycles. The van der Waals surface area contributed by atoms with Gasteiger partial charge in [-0.15, -0.1) is 0 Å². The first-order valence-electron chi connectivity index (χ1n) is 6.58. The predicted octanol–water partition coefficient (Wildman–Crippen LogP) is -0.830. The van der Waals surface area contributed by atoms with Gasteiger partial charge in [-0.3, -0.25) is 9.48 Å². The Morgan fingerprint density at radius 1 is 1.48 bits per heavy atom. The van der Waals surface area contributed by atoms with Crippen LogP contribution in [0.4, 0.5) is 0 Å². The van der Waals surface area contributed by atoms with Crippen molar-refractivity contribution in [2.45, 2.75) is 25.6 Å². The van der Waals surface area contributed by atoms with Gasteiger partial charge in [-0.1, -0.05) is 0 Å². The Morgan fingerprint density at radius 3 is 2.71 bits per heavy atom. The number of fused-ring (bicyclic) bond motifs is 1. The minimum Gasteiger partial charge on any atom is -0.386 e. The number of rotatable bonds is 4. The molecule has 21 heavy (non-hydrogen) atoms. The van der Waals surface area contributed by atoms with Crippen molar-refractivity contribution in [1.82, 2.24) is 19.0 Å². The lowest BCUT2D eigenvalue weighted by atomic mass is 10.1. The van der Waals surface area contributed by atoms with Crippen LogP contribution < -0.4 is 0 Å². The normalized spacial score (nSPS) is 17.3. The number of hydrogen-bond donors (Lipinski definition) is 1. The maximum atomic E-state index is 11.6. The van der Waals surface area contributed by atoms with Crippen LogP contribution >= 0.6 is 0 Å². The van der Waals surface area contributed by atoms with Crippen LogP contribution in [-0.2, 0) is 27.9 Å². The van der Waals surface area contributed by atoms with Gasteiger partial charge in [0.2, 0.25) is 15.9 Å². The summed E-state index contributed by atoms with van der Waals surface area (Å²) >= 11 is 0. The monoisotopic (exact) mass is 316 g/mol. The molecule has 1 atom stereocenters. The van der Waals surface area contributed by atoms with Gasteiger partial charge in [0, 0.05) is 20.6 Å². The summed E-state index contributed by atoms with van der Waals surface area (Å²) < 4.78 is 26.2. The molecular weight excluding hydrogens is 296 g/mol. The van der Waals surface area contributed by atoms with Gasteiger partial charge in [-0.2, -0.15) is 9.40 Å². The largest absolute Gasteiger partial charge is 0.386 e. The fourth-order valence-corrected chi connectivity index (χ4v) is 2.94. The van der Waals surface area contributed by atoms with E-state index in [-0.39, 0.29) is 18.9 Å². The summed E-state index contributed by atoms with van der Waals surface area (Å²) in [7, 11) is 0.00364. The third-order valence-electron chi connectivity index (χ3n) is 3.46. The maximum absolute atomic E-state index is 11.6. The number of aliphatic hydroxyl groups is 1. The zero-order valence-corrected chi connectivity index (χ0v) is 13.2. The molecule has 9 heteroatoms. The van der Waals surface area contributed by atoms with Crippen molar-refractivity contribution in [2.75, 3.05) is 26.9 Å². The number of amides is 1. The fourth-order valence-electron chi connectivity index (χ4n) is 2.16. The summed E-state index contributed by atoms with van der Waals surface area (Å²) in [5.41, 5.74) is 1.12. The highest BCUT2D eigenvalue weighted by atomic mass is 32.2. The summed E-state index contributed by atoms with van der Waals surface area (Å²) in [6, 6.07) is 1.66. The second-order valence-electron chi connectivity index (χ2n) is 5.39. The Balaban J connectivity index is 2.13. The Labute approximate surface area is 124 Å². The first-order chi connectivity index (χ1) is 9.68. The first-order valence-corrected chi connectivity index (χ1v) is 8.43. The fraction of sp³-hybridized carbons (Fsp3) is 0.667. The van der Waals surface area contributed by atoms with E-state index in [0.29, 0.717) is 18.8 Å². The molecule has 1 amide bonds. The van der Waals surface area contributed by atoms with Crippen molar-refractivity contribution in [1.29, 1.82) is 0 Å². The lowest BCUT2D eigenvalue weighted by molar-refractivity contribution is -0.130. The summed E-state index contributed by atoms with van der Waals surface area (Å²) in [6.07, 6.45) is 0.147. The second kappa shape index (κ2) is 5.74. The molecule has 1 aliphatic heterocycles. The minimum absolute atomic E-state index is 0.0424. The van der Waals surface area contributed by atoms with Crippen LogP contribution in [0.15, 0.2) is 6.07 Å². The van der Waals surface area contributed by atoms with Gasteiger partial charge in [0.05, 0.1) is 37.2 Å². The van der Waals surface area contributed by atoms with Crippen molar-refractivity contribution in [3.05, 3.63) is 17.5 Å². The van der Waals surface area contributed by atoms with Gasteiger partial charge in [-0.25, -0.2) is 8.42 Å². The quantitative estimate of drug-likeness (QED) is 0.782. The smallest absolute Gasteiger partial charge is 0.225 e. The second-order valence-corrected chi connectivity index (χ2v) is 7.37. The van der Waals surface area contributed by atoms with Crippen LogP contribution in [0.25, 0.3) is 0 Å². The van der Waals surface area contributed by atoms with E-state index in [9.17, 15) is 18.3 Å². The summed E-state index contributed by atoms with van der Waals surface area (Å²) in [5, 5.41) is 14.3. The summed E-state index contributed by atoms with van der Waals surface area (Å²) in [6.45, 7) is 1.04. The Bertz CT molecular complexity index is 638. The molecule has 118 valence electrons. The standard InChI is InChI=1S/C12H20N4O4S/c1-14(2)12(18)7-11(17)10-6-9-8-15(21(3,19)20)4-5-16(9)13-10/h6,11,17H,4-5,7-8H2,1-3H3/t11-/m1/s1. The molecule has 0 fully saturated rings. The highest BCUT2D eigenvalue weighted by Crippen LogP contribution is 2.21. The van der Waals surface area contributed by atoms with Crippen molar-refractivity contribution in [3.8, 4) is 0 Å². The van der Waals surface area contributed by atoms with Crippen molar-refractivity contribution < 1.29 is 18.3 Å². The Hall–Kier alpha value is -1.45. The predicted molar refractivity (Wildman–Crippen MR) is 75.8 cm³/mol. The number of aromatic nitrogens is 2. The van der Waals surface area contributed by atoms with E-state index in [0.717, 1.165) is 5.69 Å². The minimum atomic E-state index is -3.24. The molecular formula is C12H20N4O4S. The lowest BCUT2D eigenvalue weighted by Gasteiger charge is -2.25. The Morgan fingerprint density at radius 2 is 2.14 bits per heavy atom. The maximum Gasteiger partial charge on any atom is 0.225 e. The third-order valence-corrected chi connectivity index (χ3v) is 4.71. The van der Waals surface area contributed by atoms with Crippen LogP contribution in [0.5, 0.6) is 0 Å². The van der Waals surface area contributed by atoms with Gasteiger partial charge >= 0.3 is 0 Å². The van der Waals surface area contributed by atoms with E-state index in [1.54, 1.807) is 24.8 Å². The first kappa shape index (κ1) is 15.9. The molecule has 0 unspecified atom stereocenters. The molecule has 0 aliphatic carbocycles. The van der Waals surface area contributed by atoms with Crippen molar-refractivity contribution in [3.63, 3.8) is 0 Å². The highest BCUT2D eigenvalue weighted by Gasteiger charge is 2.26. The molecule has 8 nitrogen and oxygen atoms in total. The van der Waals surface area contributed by atoms with E-state index >= 15 is 0 Å². The van der Waals surface area contributed by atoms with Crippen LogP contribution in [-0.4, -0.2) is 65.3 Å². The molecule has 2 rings (SSSR count). The number of aliphatic hydroxyl groups excluding tert-OH is 1. The molecule has 0 saturated carbocycles. The summed E-state index contributed by atoms with van der Waals surface area (Å²) in [5.74, 6) is -0.189. The molecule has 0 spiro atoms. The van der Waals surface area contributed by atoms with Crippen LogP contribution in [0.1, 0.15) is 23.9 Å². The van der Waals surface area contributed by atoms with E-state index in [2.05, 4.69) is 5.10 Å². The molecule has 1 N–H and O–H groups in total. The third kappa shape index (κ3) is 3.60. The number of hydrogen-bond acceptors (Lipinski definition) is 5. The van der Waals surface area contributed by atoms with E-state index < -0.39 is 16.1 Å². The molecule has 0 radical (unpaired) electrons. The number of carbonyl (C=O) groups is 1. The Kier molecular flexibility index (Phi) is 4.35.